The van der Waals surface area contributed by atoms with E-state index in [2.05, 4.69) is 38.0 Å². The Bertz CT molecular complexity index is 2330. The smallest absolute Gasteiger partial charge is 0.236 e. The Hall–Kier alpha value is -4.41. The van der Waals surface area contributed by atoms with E-state index in [-0.39, 0.29) is 18.3 Å². The minimum Gasteiger partial charge on any atom is -0.481 e. The molecule has 11 nitrogen and oxygen atoms in total. The van der Waals surface area contributed by atoms with Crippen LogP contribution in [0.5, 0.6) is 11.8 Å². The van der Waals surface area contributed by atoms with Crippen LogP contribution >= 0.6 is 23.2 Å². The Labute approximate surface area is 323 Å². The number of aliphatic hydroxyl groups excluding tert-OH is 2. The number of furan rings is 1. The van der Waals surface area contributed by atoms with Crippen LogP contribution in [0.1, 0.15) is 47.6 Å². The van der Waals surface area contributed by atoms with Crippen molar-refractivity contribution in [3.05, 3.63) is 92.5 Å². The van der Waals surface area contributed by atoms with Gasteiger partial charge in [0.05, 0.1) is 29.7 Å². The van der Waals surface area contributed by atoms with Crippen LogP contribution in [0.25, 0.3) is 33.4 Å². The van der Waals surface area contributed by atoms with Gasteiger partial charge in [-0.3, -0.25) is 14.8 Å². The number of likely N-dealkylation sites (tertiary alicyclic amines) is 2. The number of fused-ring (bicyclic) bond motifs is 2. The fourth-order valence-electron chi connectivity index (χ4n) is 8.20. The summed E-state index contributed by atoms with van der Waals surface area (Å²) in [5.74, 6) is 1.32. The van der Waals surface area contributed by atoms with Crippen LogP contribution in [0.2, 0.25) is 10.0 Å². The molecular weight excluding hydrogens is 727 g/mol. The monoisotopic (exact) mass is 768 g/mol. The molecular formula is C41H42Cl2N6O5. The van der Waals surface area contributed by atoms with Crippen molar-refractivity contribution in [2.75, 3.05) is 46.9 Å². The van der Waals surface area contributed by atoms with E-state index in [0.717, 1.165) is 78.5 Å². The maximum atomic E-state index is 10.1. The molecule has 0 amide bonds. The quantitative estimate of drug-likeness (QED) is 0.166. The van der Waals surface area contributed by atoms with E-state index in [9.17, 15) is 15.5 Å². The highest BCUT2D eigenvalue weighted by molar-refractivity contribution is 6.36. The Morgan fingerprint density at radius 3 is 2.43 bits per heavy atom. The molecule has 0 spiro atoms. The van der Waals surface area contributed by atoms with Crippen molar-refractivity contribution in [1.82, 2.24) is 19.4 Å². The van der Waals surface area contributed by atoms with Gasteiger partial charge in [-0.15, -0.1) is 0 Å². The molecule has 2 N–H and O–H groups in total. The molecule has 2 fully saturated rings. The summed E-state index contributed by atoms with van der Waals surface area (Å²) in [7, 11) is 3.32. The molecule has 8 rings (SSSR count). The van der Waals surface area contributed by atoms with Gasteiger partial charge >= 0.3 is 0 Å². The van der Waals surface area contributed by atoms with Gasteiger partial charge in [-0.05, 0) is 60.6 Å². The summed E-state index contributed by atoms with van der Waals surface area (Å²) in [5, 5.41) is 31.8. The SMILES string of the molecule is CN=c1c2cc(-c3cccc(-c4cccc5c4CC[C@@H]5Oc4nc(OC)c(CN5CC[C@@H](O)C5)cc4Cl)c3Cl)oc2c(C#N)cn1CCN1CC[C@@H](O)C1. The van der Waals surface area contributed by atoms with Crippen molar-refractivity contribution in [2.24, 2.45) is 4.99 Å². The fourth-order valence-corrected chi connectivity index (χ4v) is 8.74. The van der Waals surface area contributed by atoms with Gasteiger partial charge in [-0.25, -0.2) is 0 Å². The van der Waals surface area contributed by atoms with Gasteiger partial charge in [-0.1, -0.05) is 53.5 Å². The molecule has 2 aliphatic heterocycles. The van der Waals surface area contributed by atoms with Crippen LogP contribution in [0, 0.1) is 11.3 Å². The van der Waals surface area contributed by atoms with Gasteiger partial charge in [0.2, 0.25) is 11.8 Å². The van der Waals surface area contributed by atoms with Gasteiger partial charge in [0.1, 0.15) is 34.0 Å². The van der Waals surface area contributed by atoms with Crippen molar-refractivity contribution in [3.63, 3.8) is 0 Å². The number of ether oxygens (including phenoxy) is 2. The maximum absolute atomic E-state index is 10.1. The number of pyridine rings is 2. The number of hydrogen-bond acceptors (Lipinski definition) is 10. The van der Waals surface area contributed by atoms with Gasteiger partial charge in [0.15, 0.2) is 5.58 Å². The summed E-state index contributed by atoms with van der Waals surface area (Å²) in [4.78, 5) is 13.6. The Morgan fingerprint density at radius 1 is 0.963 bits per heavy atom. The predicted molar refractivity (Wildman–Crippen MR) is 207 cm³/mol. The first-order valence-corrected chi connectivity index (χ1v) is 19.1. The molecule has 5 aromatic rings. The number of hydrogen-bond donors (Lipinski definition) is 2. The van der Waals surface area contributed by atoms with Crippen LogP contribution in [-0.2, 0) is 19.5 Å². The Balaban J connectivity index is 1.08. The van der Waals surface area contributed by atoms with Crippen LogP contribution < -0.4 is 15.0 Å². The molecule has 3 aromatic heterocycles. The van der Waals surface area contributed by atoms with Gasteiger partial charge in [0.25, 0.3) is 0 Å². The lowest BCUT2D eigenvalue weighted by Gasteiger charge is -2.20. The van der Waals surface area contributed by atoms with E-state index in [4.69, 9.17) is 37.1 Å². The summed E-state index contributed by atoms with van der Waals surface area (Å²) in [6, 6.07) is 18.1. The third-order valence-electron chi connectivity index (χ3n) is 10.9. The highest BCUT2D eigenvalue weighted by atomic mass is 35.5. The lowest BCUT2D eigenvalue weighted by molar-refractivity contribution is 0.174. The topological polar surface area (TPSA) is 133 Å². The van der Waals surface area contributed by atoms with Gasteiger partial charge in [-0.2, -0.15) is 10.2 Å². The average Bonchev–Trinajstić information content (AvgIpc) is 3.99. The van der Waals surface area contributed by atoms with E-state index in [1.807, 2.05) is 41.0 Å². The van der Waals surface area contributed by atoms with Crippen molar-refractivity contribution in [2.45, 2.75) is 57.1 Å². The zero-order valence-corrected chi connectivity index (χ0v) is 31.8. The van der Waals surface area contributed by atoms with Crippen LogP contribution in [-0.4, -0.2) is 88.7 Å². The molecule has 3 aliphatic rings. The van der Waals surface area contributed by atoms with Crippen molar-refractivity contribution < 1.29 is 24.1 Å². The molecule has 1 aliphatic carbocycles. The summed E-state index contributed by atoms with van der Waals surface area (Å²) in [6.07, 6.45) is 3.94. The number of methoxy groups -OCH3 is 1. The van der Waals surface area contributed by atoms with Gasteiger partial charge < -0.3 is 28.7 Å². The maximum Gasteiger partial charge on any atom is 0.236 e. The molecule has 54 heavy (non-hydrogen) atoms. The third kappa shape index (κ3) is 6.99. The minimum absolute atomic E-state index is 0.269. The number of rotatable bonds is 10. The number of β-amino-alcohol motifs (C(OH)–C–C–N with tert-alkyl or cyclic N) is 2. The Morgan fingerprint density at radius 2 is 1.70 bits per heavy atom. The summed E-state index contributed by atoms with van der Waals surface area (Å²) < 4.78 is 20.5. The highest BCUT2D eigenvalue weighted by Gasteiger charge is 2.30. The van der Waals surface area contributed by atoms with Crippen molar-refractivity contribution in [3.8, 4) is 40.3 Å². The number of halogens is 2. The zero-order chi connectivity index (χ0) is 37.5. The first kappa shape index (κ1) is 36.6. The average molecular weight is 770 g/mol. The van der Waals surface area contributed by atoms with Crippen LogP contribution in [0.3, 0.4) is 0 Å². The molecule has 280 valence electrons. The molecule has 2 saturated heterocycles. The second-order valence-electron chi connectivity index (χ2n) is 14.3. The largest absolute Gasteiger partial charge is 0.481 e. The van der Waals surface area contributed by atoms with E-state index in [0.29, 0.717) is 75.9 Å². The molecule has 0 unspecified atom stereocenters. The van der Waals surface area contributed by atoms with Gasteiger partial charge in [0, 0.05) is 75.7 Å². The minimum atomic E-state index is -0.319. The second-order valence-corrected chi connectivity index (χ2v) is 15.1. The third-order valence-corrected chi connectivity index (χ3v) is 11.5. The number of aliphatic hydroxyl groups is 2. The molecule has 13 heteroatoms. The summed E-state index contributed by atoms with van der Waals surface area (Å²) in [6.45, 7) is 4.84. The molecule has 0 saturated carbocycles. The second kappa shape index (κ2) is 15.4. The molecule has 2 aromatic carbocycles. The fraction of sp³-hybridized carbons (Fsp3) is 0.390. The lowest BCUT2D eigenvalue weighted by atomic mass is 9.95. The lowest BCUT2D eigenvalue weighted by Crippen LogP contribution is -2.30. The van der Waals surface area contributed by atoms with Crippen LogP contribution in [0.15, 0.2) is 64.1 Å². The summed E-state index contributed by atoms with van der Waals surface area (Å²) in [5.41, 5.74) is 7.22. The van der Waals surface area contributed by atoms with E-state index in [1.165, 1.54) is 0 Å². The zero-order valence-electron chi connectivity index (χ0n) is 30.3. The van der Waals surface area contributed by atoms with E-state index in [1.54, 1.807) is 20.4 Å². The van der Waals surface area contributed by atoms with E-state index < -0.39 is 0 Å². The van der Waals surface area contributed by atoms with Crippen LogP contribution in [0.4, 0.5) is 0 Å². The molecule has 5 heterocycles. The van der Waals surface area contributed by atoms with E-state index >= 15 is 0 Å². The first-order valence-electron chi connectivity index (χ1n) is 18.4. The van der Waals surface area contributed by atoms with Crippen molar-refractivity contribution >= 4 is 34.2 Å². The molecule has 3 atom stereocenters. The Kier molecular flexibility index (Phi) is 10.4. The highest BCUT2D eigenvalue weighted by Crippen LogP contribution is 2.45. The molecule has 0 bridgehead atoms. The first-order chi connectivity index (χ1) is 26.2. The van der Waals surface area contributed by atoms with Crippen molar-refractivity contribution in [1.29, 1.82) is 5.26 Å². The normalized spacial score (nSPS) is 20.5. The molecule has 0 radical (unpaired) electrons. The standard InChI is InChI=1S/C41H42Cl2N6O5/c1-45-39-33-18-36(53-38(33)25(19-44)21-49(39)16-15-47-13-11-26(50)22-47)32-8-4-7-31(37(32)43)28-5-3-6-30-29(28)9-10-35(30)54-41-34(42)17-24(40(46-41)52-2)20-48-14-12-27(51)23-48/h3-8,17-18,21,26-27,35,50-51H,9-16,20,22-23H2,1-2H3/t26-,27-,35+/m1/s1. The predicted octanol–water partition coefficient (Wildman–Crippen LogP) is 6.38. The number of benzene rings is 2. The number of nitriles is 1. The summed E-state index contributed by atoms with van der Waals surface area (Å²) >= 11 is 14.0. The number of aromatic nitrogens is 2. The number of nitrogens with zero attached hydrogens (tertiary/aromatic N) is 6.